The molecule has 0 aromatic heterocycles. The molecule has 1 aromatic carbocycles. The Morgan fingerprint density at radius 3 is 2.22 bits per heavy atom. The predicted molar refractivity (Wildman–Crippen MR) is 92.3 cm³/mol. The van der Waals surface area contributed by atoms with E-state index in [2.05, 4.69) is 15.9 Å². The minimum absolute atomic E-state index is 0.112. The molecule has 7 heteroatoms. The number of nitrogens with zero attached hydrogens (tertiary/aromatic N) is 2. The van der Waals surface area contributed by atoms with Crippen LogP contribution in [0.15, 0.2) is 22.7 Å². The lowest BCUT2D eigenvalue weighted by molar-refractivity contribution is 0.0141. The normalized spacial score (nSPS) is 15.5. The highest BCUT2D eigenvalue weighted by atomic mass is 79.9. The van der Waals surface area contributed by atoms with Gasteiger partial charge in [0.25, 0.3) is 5.91 Å². The minimum Gasteiger partial charge on any atom is -0.444 e. The Hall–Kier alpha value is -1.76. The quantitative estimate of drug-likeness (QED) is 0.756. The third-order valence-corrected chi connectivity index (χ3v) is 3.96. The molecule has 126 valence electrons. The van der Waals surface area contributed by atoms with E-state index in [0.717, 1.165) is 4.47 Å². The van der Waals surface area contributed by atoms with Crippen molar-refractivity contribution >= 4 is 33.6 Å². The topological polar surface area (TPSA) is 75.9 Å². The van der Waals surface area contributed by atoms with E-state index in [1.54, 1.807) is 28.0 Å². The molecule has 0 radical (unpaired) electrons. The maximum Gasteiger partial charge on any atom is 0.410 e. The second kappa shape index (κ2) is 6.78. The highest BCUT2D eigenvalue weighted by Gasteiger charge is 2.28. The van der Waals surface area contributed by atoms with Crippen molar-refractivity contribution in [1.82, 2.24) is 9.80 Å². The molecule has 1 saturated heterocycles. The zero-order chi connectivity index (χ0) is 17.2. The molecule has 2 N–H and O–H groups in total. The SMILES string of the molecule is CC(C)(C)OC(=O)N1CCN(C(=O)c2ccc(Br)cc2N)CC1. The van der Waals surface area contributed by atoms with Gasteiger partial charge in [0.2, 0.25) is 0 Å². The maximum absolute atomic E-state index is 12.5. The molecule has 0 unspecified atom stereocenters. The number of rotatable bonds is 1. The van der Waals surface area contributed by atoms with Crippen LogP contribution in [0.2, 0.25) is 0 Å². The summed E-state index contributed by atoms with van der Waals surface area (Å²) < 4.78 is 6.18. The van der Waals surface area contributed by atoms with Crippen molar-refractivity contribution < 1.29 is 14.3 Å². The number of nitrogens with two attached hydrogens (primary N) is 1. The van der Waals surface area contributed by atoms with Crippen LogP contribution >= 0.6 is 15.9 Å². The van der Waals surface area contributed by atoms with Gasteiger partial charge in [0, 0.05) is 36.3 Å². The van der Waals surface area contributed by atoms with Crippen LogP contribution in [-0.4, -0.2) is 53.6 Å². The van der Waals surface area contributed by atoms with Crippen LogP contribution < -0.4 is 5.73 Å². The van der Waals surface area contributed by atoms with Gasteiger partial charge in [-0.1, -0.05) is 15.9 Å². The van der Waals surface area contributed by atoms with Gasteiger partial charge in [-0.25, -0.2) is 4.79 Å². The number of carbonyl (C=O) groups is 2. The molecule has 1 aliphatic heterocycles. The highest BCUT2D eigenvalue weighted by Crippen LogP contribution is 2.21. The maximum atomic E-state index is 12.5. The zero-order valence-corrected chi connectivity index (χ0v) is 15.2. The summed E-state index contributed by atoms with van der Waals surface area (Å²) in [5.41, 5.74) is 6.32. The van der Waals surface area contributed by atoms with E-state index in [1.165, 1.54) is 0 Å². The molecule has 0 atom stereocenters. The number of amides is 2. The van der Waals surface area contributed by atoms with Crippen LogP contribution in [0.25, 0.3) is 0 Å². The van der Waals surface area contributed by atoms with Crippen molar-refractivity contribution in [3.8, 4) is 0 Å². The van der Waals surface area contributed by atoms with E-state index in [1.807, 2.05) is 20.8 Å². The Labute approximate surface area is 144 Å². The molecule has 1 aliphatic rings. The van der Waals surface area contributed by atoms with E-state index in [9.17, 15) is 9.59 Å². The Morgan fingerprint density at radius 2 is 1.70 bits per heavy atom. The van der Waals surface area contributed by atoms with Crippen LogP contribution in [0.5, 0.6) is 0 Å². The molecule has 6 nitrogen and oxygen atoms in total. The molecular formula is C16H22BrN3O3. The average Bonchev–Trinajstić information content (AvgIpc) is 2.45. The monoisotopic (exact) mass is 383 g/mol. The smallest absolute Gasteiger partial charge is 0.410 e. The molecule has 0 bridgehead atoms. The molecule has 2 rings (SSSR count). The minimum atomic E-state index is -0.518. The fourth-order valence-electron chi connectivity index (χ4n) is 2.32. The number of benzene rings is 1. The summed E-state index contributed by atoms with van der Waals surface area (Å²) in [5.74, 6) is -0.112. The second-order valence-electron chi connectivity index (χ2n) is 6.49. The van der Waals surface area contributed by atoms with Gasteiger partial charge in [-0.15, -0.1) is 0 Å². The Bertz CT molecular complexity index is 605. The van der Waals surface area contributed by atoms with E-state index >= 15 is 0 Å². The number of piperazine rings is 1. The largest absolute Gasteiger partial charge is 0.444 e. The molecule has 1 heterocycles. The first-order valence-electron chi connectivity index (χ1n) is 7.49. The molecule has 1 fully saturated rings. The van der Waals surface area contributed by atoms with Gasteiger partial charge in [-0.05, 0) is 39.0 Å². The fraction of sp³-hybridized carbons (Fsp3) is 0.500. The van der Waals surface area contributed by atoms with Crippen molar-refractivity contribution in [1.29, 1.82) is 0 Å². The van der Waals surface area contributed by atoms with Gasteiger partial charge in [0.05, 0.1) is 5.56 Å². The molecule has 0 spiro atoms. The number of ether oxygens (including phenoxy) is 1. The van der Waals surface area contributed by atoms with Gasteiger partial charge in [0.1, 0.15) is 5.60 Å². The third-order valence-electron chi connectivity index (χ3n) is 3.46. The van der Waals surface area contributed by atoms with Crippen LogP contribution in [0.3, 0.4) is 0 Å². The van der Waals surface area contributed by atoms with Crippen molar-refractivity contribution in [2.45, 2.75) is 26.4 Å². The number of nitrogen functional groups attached to an aromatic ring is 1. The Kier molecular flexibility index (Phi) is 5.19. The Morgan fingerprint density at radius 1 is 1.13 bits per heavy atom. The molecular weight excluding hydrogens is 362 g/mol. The lowest BCUT2D eigenvalue weighted by atomic mass is 10.1. The van der Waals surface area contributed by atoms with Crippen LogP contribution in [0.4, 0.5) is 10.5 Å². The number of carbonyl (C=O) groups excluding carboxylic acids is 2. The summed E-state index contributed by atoms with van der Waals surface area (Å²) in [6.07, 6.45) is -0.340. The van der Waals surface area contributed by atoms with E-state index in [-0.39, 0.29) is 12.0 Å². The number of hydrogen-bond acceptors (Lipinski definition) is 4. The lowest BCUT2D eigenvalue weighted by Gasteiger charge is -2.35. The third kappa shape index (κ3) is 4.60. The van der Waals surface area contributed by atoms with Gasteiger partial charge in [-0.2, -0.15) is 0 Å². The number of halogens is 1. The van der Waals surface area contributed by atoms with Crippen molar-refractivity contribution in [3.05, 3.63) is 28.2 Å². The van der Waals surface area contributed by atoms with Gasteiger partial charge in [-0.3, -0.25) is 4.79 Å². The molecule has 0 aliphatic carbocycles. The average molecular weight is 384 g/mol. The van der Waals surface area contributed by atoms with Crippen molar-refractivity contribution in [2.75, 3.05) is 31.9 Å². The number of hydrogen-bond donors (Lipinski definition) is 1. The summed E-state index contributed by atoms with van der Waals surface area (Å²) in [6, 6.07) is 5.21. The van der Waals surface area contributed by atoms with Gasteiger partial charge >= 0.3 is 6.09 Å². The van der Waals surface area contributed by atoms with Crippen LogP contribution in [0.1, 0.15) is 31.1 Å². The van der Waals surface area contributed by atoms with Crippen molar-refractivity contribution in [2.24, 2.45) is 0 Å². The van der Waals surface area contributed by atoms with Gasteiger partial charge < -0.3 is 20.3 Å². The predicted octanol–water partition coefficient (Wildman–Crippen LogP) is 2.72. The fourth-order valence-corrected chi connectivity index (χ4v) is 2.70. The van der Waals surface area contributed by atoms with Gasteiger partial charge in [0.15, 0.2) is 0 Å². The van der Waals surface area contributed by atoms with E-state index in [4.69, 9.17) is 10.5 Å². The molecule has 23 heavy (non-hydrogen) atoms. The lowest BCUT2D eigenvalue weighted by Crippen LogP contribution is -2.51. The Balaban J connectivity index is 1.96. The highest BCUT2D eigenvalue weighted by molar-refractivity contribution is 9.10. The summed E-state index contributed by atoms with van der Waals surface area (Å²) >= 11 is 3.33. The standard InChI is InChI=1S/C16H22BrN3O3/c1-16(2,3)23-15(22)20-8-6-19(7-9-20)14(21)12-5-4-11(17)10-13(12)18/h4-5,10H,6-9,18H2,1-3H3. The first kappa shape index (κ1) is 17.6. The van der Waals surface area contributed by atoms with E-state index in [0.29, 0.717) is 37.4 Å². The molecule has 2 amide bonds. The van der Waals surface area contributed by atoms with Crippen LogP contribution in [0, 0.1) is 0 Å². The molecule has 1 aromatic rings. The zero-order valence-electron chi connectivity index (χ0n) is 13.6. The molecule has 0 saturated carbocycles. The number of anilines is 1. The summed E-state index contributed by atoms with van der Waals surface area (Å²) in [6.45, 7) is 7.35. The summed E-state index contributed by atoms with van der Waals surface area (Å²) in [7, 11) is 0. The van der Waals surface area contributed by atoms with E-state index < -0.39 is 5.60 Å². The van der Waals surface area contributed by atoms with Crippen LogP contribution in [-0.2, 0) is 4.74 Å². The second-order valence-corrected chi connectivity index (χ2v) is 7.41. The van der Waals surface area contributed by atoms with Crippen molar-refractivity contribution in [3.63, 3.8) is 0 Å². The first-order valence-corrected chi connectivity index (χ1v) is 8.29. The first-order chi connectivity index (χ1) is 10.7. The summed E-state index contributed by atoms with van der Waals surface area (Å²) in [5, 5.41) is 0. The summed E-state index contributed by atoms with van der Waals surface area (Å²) in [4.78, 5) is 27.9.